The highest BCUT2D eigenvalue weighted by atomic mass is 32.2. The van der Waals surface area contributed by atoms with Crippen LogP contribution < -0.4 is 11.1 Å². The first-order chi connectivity index (χ1) is 15.2. The number of fused-ring (bicyclic) bond motifs is 1. The lowest BCUT2D eigenvalue weighted by atomic mass is 10.1. The molecular formula is C15H16N6O8S3. The summed E-state index contributed by atoms with van der Waals surface area (Å²) in [5.74, 6) is -2.05. The van der Waals surface area contributed by atoms with Gasteiger partial charge in [0.2, 0.25) is 24.0 Å². The van der Waals surface area contributed by atoms with Crippen LogP contribution in [0.15, 0.2) is 15.9 Å². The number of nitrogen functional groups attached to an aromatic ring is 1. The zero-order chi connectivity index (χ0) is 23.4. The normalized spacial score (nSPS) is 20.3. The first-order valence-corrected chi connectivity index (χ1v) is 11.6. The lowest BCUT2D eigenvalue weighted by Gasteiger charge is -2.48. The number of nitrogens with two attached hydrogens (primary N) is 1. The Labute approximate surface area is 192 Å². The minimum Gasteiger partial charge on any atom is -0.479 e. The van der Waals surface area contributed by atoms with Crippen LogP contribution in [0.25, 0.3) is 0 Å². The van der Waals surface area contributed by atoms with Gasteiger partial charge in [0.1, 0.15) is 11.4 Å². The molecule has 2 atom stereocenters. The Balaban J connectivity index is 1.78. The molecule has 172 valence electrons. The predicted octanol–water partition coefficient (Wildman–Crippen LogP) is -0.0577. The van der Waals surface area contributed by atoms with Gasteiger partial charge in [-0.15, -0.1) is 23.5 Å². The summed E-state index contributed by atoms with van der Waals surface area (Å²) in [6.07, 6.45) is -1.56. The van der Waals surface area contributed by atoms with E-state index in [2.05, 4.69) is 24.7 Å². The number of carboxylic acid groups (broad SMARTS) is 2. The number of nitrogens with one attached hydrogen (secondary N) is 1. The maximum atomic E-state index is 12.8. The van der Waals surface area contributed by atoms with Gasteiger partial charge in [-0.3, -0.25) is 14.5 Å². The fourth-order valence-electron chi connectivity index (χ4n) is 2.68. The third kappa shape index (κ3) is 5.05. The average Bonchev–Trinajstić information content (AvgIpc) is 3.15. The second-order valence-corrected chi connectivity index (χ2v) is 9.20. The quantitative estimate of drug-likeness (QED) is 0.151. The molecule has 17 heteroatoms. The SMILES string of the molecule is CCSC1=C(OC(=O)O)N2C(=O)C(NC(=O)C(=NOCC(=O)O)c3nsc(N)n3)[C@@H]2SC1. The van der Waals surface area contributed by atoms with Gasteiger partial charge in [-0.2, -0.15) is 9.36 Å². The lowest BCUT2D eigenvalue weighted by molar-refractivity contribution is -0.148. The molecule has 0 spiro atoms. The molecule has 5 N–H and O–H groups in total. The van der Waals surface area contributed by atoms with E-state index in [9.17, 15) is 19.2 Å². The number of amides is 2. The van der Waals surface area contributed by atoms with Crippen molar-refractivity contribution in [2.45, 2.75) is 18.3 Å². The van der Waals surface area contributed by atoms with E-state index in [1.165, 1.54) is 28.4 Å². The molecule has 1 unspecified atom stereocenters. The van der Waals surface area contributed by atoms with Crippen LogP contribution in [0.1, 0.15) is 12.7 Å². The van der Waals surface area contributed by atoms with E-state index in [1.807, 2.05) is 6.92 Å². The number of anilines is 1. The van der Waals surface area contributed by atoms with Gasteiger partial charge in [0.25, 0.3) is 11.8 Å². The van der Waals surface area contributed by atoms with Gasteiger partial charge in [0.05, 0.1) is 4.91 Å². The minimum absolute atomic E-state index is 0.0361. The summed E-state index contributed by atoms with van der Waals surface area (Å²) < 4.78 is 8.68. The molecule has 3 heterocycles. The minimum atomic E-state index is -1.56. The van der Waals surface area contributed by atoms with Gasteiger partial charge in [-0.05, 0) is 5.75 Å². The standard InChI is InChI=1S/C15H16N6O8S3/c1-2-30-5-4-31-13-8(11(25)21(13)12(5)29-15(26)27)17-10(24)7(19-28-3-6(22)23)9-18-14(16)32-20-9/h8,13H,2-4H2,1H3,(H,17,24)(H,22,23)(H,26,27)(H2,16,18,20)/t8?,13-/m0/s1. The number of aromatic nitrogens is 2. The van der Waals surface area contributed by atoms with E-state index in [-0.39, 0.29) is 16.8 Å². The zero-order valence-corrected chi connectivity index (χ0v) is 18.7. The highest BCUT2D eigenvalue weighted by Gasteiger charge is 2.54. The van der Waals surface area contributed by atoms with E-state index >= 15 is 0 Å². The Bertz CT molecular complexity index is 1010. The summed E-state index contributed by atoms with van der Waals surface area (Å²) in [5, 5.41) is 23.1. The molecule has 1 aromatic rings. The summed E-state index contributed by atoms with van der Waals surface area (Å²) in [4.78, 5) is 57.4. The topological polar surface area (TPSA) is 207 Å². The number of nitrogens with zero attached hydrogens (tertiary/aromatic N) is 4. The molecule has 0 bridgehead atoms. The molecule has 0 aromatic carbocycles. The Kier molecular flexibility index (Phi) is 7.41. The van der Waals surface area contributed by atoms with E-state index in [4.69, 9.17) is 20.7 Å². The van der Waals surface area contributed by atoms with E-state index in [0.29, 0.717) is 16.4 Å². The third-order valence-electron chi connectivity index (χ3n) is 3.89. The number of β-lactam (4-membered cyclic amide) rings is 1. The molecule has 2 aliphatic rings. The number of hydrogen-bond acceptors (Lipinski definition) is 13. The Morgan fingerprint density at radius 1 is 1.41 bits per heavy atom. The number of carbonyl (C=O) groups is 4. The number of thioether (sulfide) groups is 2. The van der Waals surface area contributed by atoms with Crippen LogP contribution >= 0.6 is 35.1 Å². The summed E-state index contributed by atoms with van der Waals surface area (Å²) >= 11 is 3.46. The second kappa shape index (κ2) is 10.0. The molecule has 1 saturated heterocycles. The van der Waals surface area contributed by atoms with Crippen molar-refractivity contribution in [2.24, 2.45) is 5.16 Å². The molecule has 0 radical (unpaired) electrons. The first kappa shape index (κ1) is 23.6. The fourth-order valence-corrected chi connectivity index (χ4v) is 5.44. The monoisotopic (exact) mass is 504 g/mol. The van der Waals surface area contributed by atoms with Gasteiger partial charge in [0.15, 0.2) is 5.13 Å². The molecule has 3 rings (SSSR count). The van der Waals surface area contributed by atoms with Crippen LogP contribution in [-0.2, 0) is 24.0 Å². The number of rotatable bonds is 9. The fraction of sp³-hybridized carbons (Fsp3) is 0.400. The summed E-state index contributed by atoms with van der Waals surface area (Å²) in [7, 11) is 0. The average molecular weight is 505 g/mol. The van der Waals surface area contributed by atoms with Crippen LogP contribution in [0.5, 0.6) is 0 Å². The van der Waals surface area contributed by atoms with Crippen LogP contribution in [0.2, 0.25) is 0 Å². The lowest BCUT2D eigenvalue weighted by Crippen LogP contribution is -2.70. The van der Waals surface area contributed by atoms with Crippen molar-refractivity contribution in [3.8, 4) is 0 Å². The number of carbonyl (C=O) groups excluding carboxylic acids is 2. The van der Waals surface area contributed by atoms with Gasteiger partial charge in [-0.1, -0.05) is 12.1 Å². The zero-order valence-electron chi connectivity index (χ0n) is 16.2. The van der Waals surface area contributed by atoms with E-state index < -0.39 is 47.7 Å². The van der Waals surface area contributed by atoms with Crippen molar-refractivity contribution in [2.75, 3.05) is 23.8 Å². The van der Waals surface area contributed by atoms with Crippen molar-refractivity contribution in [1.82, 2.24) is 19.6 Å². The molecule has 0 aliphatic carbocycles. The largest absolute Gasteiger partial charge is 0.512 e. The number of aliphatic carboxylic acids is 1. The van der Waals surface area contributed by atoms with Crippen LogP contribution in [0.3, 0.4) is 0 Å². The van der Waals surface area contributed by atoms with E-state index in [0.717, 1.165) is 11.5 Å². The first-order valence-electron chi connectivity index (χ1n) is 8.76. The van der Waals surface area contributed by atoms with Gasteiger partial charge < -0.3 is 30.8 Å². The number of ether oxygens (including phenoxy) is 1. The molecule has 32 heavy (non-hydrogen) atoms. The van der Waals surface area contributed by atoms with Crippen molar-refractivity contribution < 1.29 is 39.0 Å². The summed E-state index contributed by atoms with van der Waals surface area (Å²) in [6, 6.07) is -1.02. The number of carboxylic acids is 1. The van der Waals surface area contributed by atoms with Crippen LogP contribution in [-0.4, -0.2) is 83.6 Å². The third-order valence-corrected chi connectivity index (χ3v) is 6.85. The summed E-state index contributed by atoms with van der Waals surface area (Å²) in [6.45, 7) is 1.06. The van der Waals surface area contributed by atoms with Gasteiger partial charge in [0, 0.05) is 17.3 Å². The van der Waals surface area contributed by atoms with Crippen molar-refractivity contribution >= 4 is 69.8 Å². The van der Waals surface area contributed by atoms with Crippen LogP contribution in [0.4, 0.5) is 9.93 Å². The Morgan fingerprint density at radius 2 is 2.16 bits per heavy atom. The Morgan fingerprint density at radius 3 is 2.75 bits per heavy atom. The highest BCUT2D eigenvalue weighted by Crippen LogP contribution is 2.43. The number of oxime groups is 1. The van der Waals surface area contributed by atoms with E-state index in [1.54, 1.807) is 0 Å². The van der Waals surface area contributed by atoms with Gasteiger partial charge >= 0.3 is 12.1 Å². The Hall–Kier alpha value is -3.05. The van der Waals surface area contributed by atoms with Crippen LogP contribution in [0, 0.1) is 0 Å². The molecule has 1 fully saturated rings. The molecule has 1 aromatic heterocycles. The maximum absolute atomic E-state index is 12.8. The second-order valence-electron chi connectivity index (χ2n) is 5.95. The molecule has 2 amide bonds. The molecule has 14 nitrogen and oxygen atoms in total. The molecular weight excluding hydrogens is 488 g/mol. The molecule has 0 saturated carbocycles. The van der Waals surface area contributed by atoms with Crippen molar-refractivity contribution in [3.05, 3.63) is 16.6 Å². The molecule has 2 aliphatic heterocycles. The van der Waals surface area contributed by atoms with Crippen molar-refractivity contribution in [1.29, 1.82) is 0 Å². The smallest absolute Gasteiger partial charge is 0.479 e. The highest BCUT2D eigenvalue weighted by molar-refractivity contribution is 8.06. The van der Waals surface area contributed by atoms with Crippen molar-refractivity contribution in [3.63, 3.8) is 0 Å². The maximum Gasteiger partial charge on any atom is 0.512 e. The number of hydrogen-bond donors (Lipinski definition) is 4. The summed E-state index contributed by atoms with van der Waals surface area (Å²) in [5.41, 5.74) is 5.06. The van der Waals surface area contributed by atoms with Gasteiger partial charge in [-0.25, -0.2) is 9.59 Å². The predicted molar refractivity (Wildman–Crippen MR) is 114 cm³/mol.